The molecule has 0 atom stereocenters. The summed E-state index contributed by atoms with van der Waals surface area (Å²) in [4.78, 5) is 5.34. The maximum atomic E-state index is 2.74. The molecule has 0 amide bonds. The van der Waals surface area contributed by atoms with E-state index in [2.05, 4.69) is 233 Å². The van der Waals surface area contributed by atoms with Gasteiger partial charge < -0.3 is 9.80 Å². The van der Waals surface area contributed by atoms with Crippen LogP contribution in [0.25, 0.3) is 21.2 Å². The molecule has 1 aromatic heterocycles. The third-order valence-corrected chi connectivity index (χ3v) is 17.9. The minimum absolute atomic E-state index is 0.0158. The zero-order valence-corrected chi connectivity index (χ0v) is 43.0. The van der Waals surface area contributed by atoms with Crippen LogP contribution in [0.5, 0.6) is 0 Å². The van der Waals surface area contributed by atoms with Crippen LogP contribution in [-0.2, 0) is 32.5 Å². The molecule has 0 saturated heterocycles. The smallest absolute Gasteiger partial charge is 0.264 e. The number of hydrogen-bond donors (Lipinski definition) is 0. The van der Waals surface area contributed by atoms with Crippen LogP contribution in [0.4, 0.5) is 34.1 Å². The molecular weight excluding hydrogens is 816 g/mol. The van der Waals surface area contributed by atoms with Gasteiger partial charge >= 0.3 is 0 Å². The Labute approximate surface area is 400 Å². The van der Waals surface area contributed by atoms with Crippen molar-refractivity contribution in [1.82, 2.24) is 0 Å². The van der Waals surface area contributed by atoms with E-state index in [0.717, 1.165) is 0 Å². The van der Waals surface area contributed by atoms with Gasteiger partial charge in [-0.1, -0.05) is 158 Å². The monoisotopic (exact) mass is 885 g/mol. The average Bonchev–Trinajstić information content (AvgIpc) is 3.64. The summed E-state index contributed by atoms with van der Waals surface area (Å²) in [5.74, 6) is 0. The SMILES string of the molecule is CC(C)(C)c1ccc(N2c3ccc(C(C)(C)C)cc3B3c4sc5cc6c(cc5c4N(c4ccc5c(c4)C(C)(C)CCC5(C)C)c4cc(-c5ccccc5)cc2c43)C(C)(C)CCC6(C)C)cc1. The second-order valence-electron chi connectivity index (χ2n) is 25.2. The molecule has 66 heavy (non-hydrogen) atoms. The Hall–Kier alpha value is -5.06. The van der Waals surface area contributed by atoms with Crippen LogP contribution in [0, 0.1) is 0 Å². The average molecular weight is 885 g/mol. The molecule has 0 unspecified atom stereocenters. The summed E-state index contributed by atoms with van der Waals surface area (Å²) < 4.78 is 2.86. The molecule has 2 aliphatic heterocycles. The van der Waals surface area contributed by atoms with Gasteiger partial charge in [0, 0.05) is 43.3 Å². The van der Waals surface area contributed by atoms with E-state index in [1.807, 2.05) is 0 Å². The number of fused-ring (bicyclic) bond motifs is 8. The first-order valence-electron chi connectivity index (χ1n) is 24.8. The number of rotatable bonds is 3. The molecule has 3 heterocycles. The van der Waals surface area contributed by atoms with Gasteiger partial charge in [-0.25, -0.2) is 0 Å². The molecule has 7 aromatic rings. The quantitative estimate of drug-likeness (QED) is 0.163. The van der Waals surface area contributed by atoms with Crippen molar-refractivity contribution >= 4 is 78.0 Å². The molecule has 4 heteroatoms. The van der Waals surface area contributed by atoms with Crippen LogP contribution in [0.2, 0.25) is 0 Å². The second-order valence-corrected chi connectivity index (χ2v) is 26.3. The minimum atomic E-state index is -0.0158. The predicted molar refractivity (Wildman–Crippen MR) is 289 cm³/mol. The van der Waals surface area contributed by atoms with Crippen LogP contribution in [0.3, 0.4) is 0 Å². The van der Waals surface area contributed by atoms with Crippen LogP contribution < -0.4 is 25.5 Å². The fourth-order valence-electron chi connectivity index (χ4n) is 12.2. The summed E-state index contributed by atoms with van der Waals surface area (Å²) in [6.45, 7) is 33.9. The maximum absolute atomic E-state index is 2.74. The highest BCUT2D eigenvalue weighted by Gasteiger charge is 2.48. The Bertz CT molecular complexity index is 3110. The van der Waals surface area contributed by atoms with Crippen LogP contribution >= 0.6 is 11.3 Å². The first-order valence-corrected chi connectivity index (χ1v) is 25.6. The summed E-state index contributed by atoms with van der Waals surface area (Å²) in [5, 5.41) is 1.39. The van der Waals surface area contributed by atoms with Gasteiger partial charge in [-0.05, 0) is 168 Å². The number of nitrogens with zero attached hydrogens (tertiary/aromatic N) is 2. The minimum Gasteiger partial charge on any atom is -0.311 e. The molecule has 0 fully saturated rings. The van der Waals surface area contributed by atoms with Crippen molar-refractivity contribution in [3.63, 3.8) is 0 Å². The normalized spacial score (nSPS) is 18.6. The van der Waals surface area contributed by atoms with E-state index in [4.69, 9.17) is 0 Å². The molecule has 2 nitrogen and oxygen atoms in total. The third kappa shape index (κ3) is 6.62. The first-order chi connectivity index (χ1) is 30.9. The van der Waals surface area contributed by atoms with Gasteiger partial charge in [0.1, 0.15) is 0 Å². The van der Waals surface area contributed by atoms with Gasteiger partial charge in [-0.15, -0.1) is 11.3 Å². The van der Waals surface area contributed by atoms with Crippen molar-refractivity contribution in [2.45, 2.75) is 155 Å². The van der Waals surface area contributed by atoms with Crippen molar-refractivity contribution in [2.24, 2.45) is 0 Å². The van der Waals surface area contributed by atoms with Crippen molar-refractivity contribution in [2.75, 3.05) is 9.80 Å². The molecule has 0 bridgehead atoms. The molecule has 6 aromatic carbocycles. The van der Waals surface area contributed by atoms with Crippen molar-refractivity contribution in [3.05, 3.63) is 149 Å². The highest BCUT2D eigenvalue weighted by atomic mass is 32.1. The van der Waals surface area contributed by atoms with Gasteiger partial charge in [0.2, 0.25) is 0 Å². The Morgan fingerprint density at radius 1 is 0.470 bits per heavy atom. The lowest BCUT2D eigenvalue weighted by Gasteiger charge is -2.45. The number of anilines is 6. The molecular formula is C62H69BN2S. The molecule has 0 spiro atoms. The third-order valence-electron chi connectivity index (χ3n) is 16.7. The Balaban J connectivity index is 1.29. The molecule has 2 aliphatic carbocycles. The zero-order chi connectivity index (χ0) is 46.7. The molecule has 4 aliphatic rings. The fraction of sp³-hybridized carbons (Fsp3) is 0.387. The number of benzene rings is 6. The summed E-state index contributed by atoms with van der Waals surface area (Å²) in [6, 6.07) is 45.9. The van der Waals surface area contributed by atoms with Gasteiger partial charge in [0.15, 0.2) is 0 Å². The predicted octanol–water partition coefficient (Wildman–Crippen LogP) is 15.9. The van der Waals surface area contributed by atoms with E-state index in [-0.39, 0.29) is 39.2 Å². The van der Waals surface area contributed by atoms with Crippen LogP contribution in [-0.4, -0.2) is 6.71 Å². The summed E-state index contributed by atoms with van der Waals surface area (Å²) in [5.41, 5.74) is 22.1. The topological polar surface area (TPSA) is 6.48 Å². The van der Waals surface area contributed by atoms with Crippen molar-refractivity contribution < 1.29 is 0 Å². The lowest BCUT2D eigenvalue weighted by atomic mass is 9.36. The number of hydrogen-bond acceptors (Lipinski definition) is 3. The van der Waals surface area contributed by atoms with E-state index < -0.39 is 0 Å². The van der Waals surface area contributed by atoms with Gasteiger partial charge in [-0.3, -0.25) is 0 Å². The lowest BCUT2D eigenvalue weighted by Crippen LogP contribution is -2.60. The highest BCUT2D eigenvalue weighted by molar-refractivity contribution is 7.33. The van der Waals surface area contributed by atoms with Gasteiger partial charge in [0.25, 0.3) is 6.71 Å². The Morgan fingerprint density at radius 3 is 1.61 bits per heavy atom. The maximum Gasteiger partial charge on any atom is 0.264 e. The van der Waals surface area contributed by atoms with E-state index >= 15 is 0 Å². The van der Waals surface area contributed by atoms with Crippen molar-refractivity contribution in [1.29, 1.82) is 0 Å². The molecule has 0 N–H and O–H groups in total. The zero-order valence-electron chi connectivity index (χ0n) is 42.2. The van der Waals surface area contributed by atoms with Crippen molar-refractivity contribution in [3.8, 4) is 11.1 Å². The molecule has 11 rings (SSSR count). The van der Waals surface area contributed by atoms with E-state index in [1.165, 1.54) is 130 Å². The summed E-state index contributed by atoms with van der Waals surface area (Å²) >= 11 is 2.06. The summed E-state index contributed by atoms with van der Waals surface area (Å²) in [6.07, 6.45) is 4.77. The largest absolute Gasteiger partial charge is 0.311 e. The summed E-state index contributed by atoms with van der Waals surface area (Å²) in [7, 11) is 0. The van der Waals surface area contributed by atoms with Gasteiger partial charge in [0.05, 0.1) is 5.69 Å². The van der Waals surface area contributed by atoms with Crippen LogP contribution in [0.1, 0.15) is 156 Å². The molecule has 0 radical (unpaired) electrons. The molecule has 336 valence electrons. The standard InChI is InChI=1S/C62H69BN2S/c1-57(2,3)40-20-23-42(24-21-40)64-50-27-22-41(58(4,5)6)34-49(50)63-54-51(64)32-39(38-18-16-15-17-19-38)33-52(54)65(43-25-26-45-46(35-43)60(9,10)29-28-59(45,7)8)55-44-36-47-48(37-53(44)66-56(55)63)62(13,14)31-30-61(47,11)12/h15-27,32-37H,28-31H2,1-14H3. The fourth-order valence-corrected chi connectivity index (χ4v) is 13.5. The van der Waals surface area contributed by atoms with E-state index in [9.17, 15) is 0 Å². The van der Waals surface area contributed by atoms with Crippen LogP contribution in [0.15, 0.2) is 115 Å². The second kappa shape index (κ2) is 14.2. The van der Waals surface area contributed by atoms with E-state index in [1.54, 1.807) is 0 Å². The molecule has 0 saturated carbocycles. The lowest BCUT2D eigenvalue weighted by molar-refractivity contribution is 0.332. The Morgan fingerprint density at radius 2 is 1.00 bits per heavy atom. The highest BCUT2D eigenvalue weighted by Crippen LogP contribution is 2.55. The first kappa shape index (κ1) is 43.5. The number of thiophene rings is 1. The van der Waals surface area contributed by atoms with E-state index in [0.29, 0.717) is 0 Å². The van der Waals surface area contributed by atoms with Gasteiger partial charge in [-0.2, -0.15) is 0 Å². The Kier molecular flexibility index (Phi) is 9.39.